The summed E-state index contributed by atoms with van der Waals surface area (Å²) in [4.78, 5) is 0. The van der Waals surface area contributed by atoms with Gasteiger partial charge >= 0.3 is 0 Å². The van der Waals surface area contributed by atoms with Gasteiger partial charge in [0.15, 0.2) is 6.29 Å². The van der Waals surface area contributed by atoms with Gasteiger partial charge in [-0.3, -0.25) is 0 Å². The number of ether oxygens (including phenoxy) is 2. The monoisotopic (exact) mass is 176 g/mol. The molecule has 0 spiro atoms. The number of aliphatic hydroxyl groups excluding tert-OH is 1. The van der Waals surface area contributed by atoms with Crippen molar-refractivity contribution in [3.8, 4) is 0 Å². The largest absolute Gasteiger partial charge is 0.400 e. The molecule has 1 aliphatic carbocycles. The van der Waals surface area contributed by atoms with Crippen molar-refractivity contribution >= 4 is 0 Å². The molecule has 0 bridgehead atoms. The molecule has 0 heterocycles. The highest BCUT2D eigenvalue weighted by Crippen LogP contribution is 2.34. The molecule has 0 amide bonds. The number of hydrogen-bond donors (Lipinski definition) is 1. The molecule has 0 aliphatic heterocycles. The lowest BCUT2D eigenvalue weighted by Crippen LogP contribution is -2.19. The third kappa shape index (κ3) is 4.70. The lowest BCUT2D eigenvalue weighted by atomic mass is 10.4. The number of hydrogen-bond acceptors (Lipinski definition) is 3. The van der Waals surface area contributed by atoms with E-state index in [0.29, 0.717) is 5.92 Å². The van der Waals surface area contributed by atoms with E-state index in [0.717, 1.165) is 20.3 Å². The van der Waals surface area contributed by atoms with Crippen molar-refractivity contribution in [2.45, 2.75) is 33.0 Å². The standard InChI is InChI=1S/C8H16O2.CH4O/c1-3-9-8(10-4-2)7-5-6-7;1-2/h7-8H,3-6H2,1-2H3;2H,1H3. The van der Waals surface area contributed by atoms with Gasteiger partial charge in [0.25, 0.3) is 0 Å². The molecule has 12 heavy (non-hydrogen) atoms. The van der Waals surface area contributed by atoms with Crippen LogP contribution >= 0.6 is 0 Å². The van der Waals surface area contributed by atoms with Crippen molar-refractivity contribution in [1.29, 1.82) is 0 Å². The Morgan fingerprint density at radius 3 is 1.83 bits per heavy atom. The van der Waals surface area contributed by atoms with E-state index in [4.69, 9.17) is 14.6 Å². The van der Waals surface area contributed by atoms with Crippen LogP contribution in [-0.4, -0.2) is 31.7 Å². The topological polar surface area (TPSA) is 38.7 Å². The summed E-state index contributed by atoms with van der Waals surface area (Å²) < 4.78 is 10.8. The van der Waals surface area contributed by atoms with E-state index in [2.05, 4.69) is 0 Å². The zero-order valence-electron chi connectivity index (χ0n) is 8.25. The van der Waals surface area contributed by atoms with E-state index in [1.54, 1.807) is 0 Å². The molecule has 0 aromatic heterocycles. The first-order valence-corrected chi connectivity index (χ1v) is 4.56. The Morgan fingerprint density at radius 1 is 1.17 bits per heavy atom. The maximum atomic E-state index is 7.00. The molecule has 1 rings (SSSR count). The quantitative estimate of drug-likeness (QED) is 0.644. The predicted octanol–water partition coefficient (Wildman–Crippen LogP) is 1.40. The molecule has 1 aliphatic rings. The van der Waals surface area contributed by atoms with E-state index in [1.807, 2.05) is 13.8 Å². The second-order valence-corrected chi connectivity index (χ2v) is 2.62. The van der Waals surface area contributed by atoms with Crippen LogP contribution < -0.4 is 0 Å². The number of rotatable bonds is 5. The van der Waals surface area contributed by atoms with Gasteiger partial charge in [-0.2, -0.15) is 0 Å². The fourth-order valence-corrected chi connectivity index (χ4v) is 1.02. The van der Waals surface area contributed by atoms with Crippen molar-refractivity contribution in [2.75, 3.05) is 20.3 Å². The maximum Gasteiger partial charge on any atom is 0.160 e. The third-order valence-corrected chi connectivity index (χ3v) is 1.67. The summed E-state index contributed by atoms with van der Waals surface area (Å²) in [6.45, 7) is 5.55. The van der Waals surface area contributed by atoms with Crippen molar-refractivity contribution in [1.82, 2.24) is 0 Å². The molecule has 0 aromatic carbocycles. The zero-order valence-corrected chi connectivity index (χ0v) is 8.25. The first-order chi connectivity index (χ1) is 5.88. The van der Waals surface area contributed by atoms with Crippen LogP contribution in [0.25, 0.3) is 0 Å². The highest BCUT2D eigenvalue weighted by Gasteiger charge is 2.32. The first-order valence-electron chi connectivity index (χ1n) is 4.56. The van der Waals surface area contributed by atoms with Gasteiger partial charge in [0.05, 0.1) is 0 Å². The highest BCUT2D eigenvalue weighted by molar-refractivity contribution is 4.76. The minimum atomic E-state index is 0.0926. The van der Waals surface area contributed by atoms with Gasteiger partial charge in [-0.05, 0) is 26.7 Å². The Balaban J connectivity index is 0.000000561. The van der Waals surface area contributed by atoms with Crippen molar-refractivity contribution in [3.05, 3.63) is 0 Å². The molecule has 0 saturated heterocycles. The second-order valence-electron chi connectivity index (χ2n) is 2.62. The minimum absolute atomic E-state index is 0.0926. The van der Waals surface area contributed by atoms with Crippen LogP contribution in [0.4, 0.5) is 0 Å². The van der Waals surface area contributed by atoms with Gasteiger partial charge < -0.3 is 14.6 Å². The maximum absolute atomic E-state index is 7.00. The van der Waals surface area contributed by atoms with E-state index in [9.17, 15) is 0 Å². The fraction of sp³-hybridized carbons (Fsp3) is 1.00. The molecular weight excluding hydrogens is 156 g/mol. The zero-order chi connectivity index (χ0) is 9.40. The van der Waals surface area contributed by atoms with Crippen molar-refractivity contribution in [2.24, 2.45) is 5.92 Å². The lowest BCUT2D eigenvalue weighted by Gasteiger charge is -2.15. The summed E-state index contributed by atoms with van der Waals surface area (Å²) in [5.41, 5.74) is 0. The Hall–Kier alpha value is -0.120. The van der Waals surface area contributed by atoms with E-state index in [-0.39, 0.29) is 6.29 Å². The van der Waals surface area contributed by atoms with Crippen LogP contribution in [0.5, 0.6) is 0 Å². The second kappa shape index (κ2) is 7.53. The van der Waals surface area contributed by atoms with Crippen LogP contribution in [0.1, 0.15) is 26.7 Å². The summed E-state index contributed by atoms with van der Waals surface area (Å²) in [6, 6.07) is 0. The van der Waals surface area contributed by atoms with Gasteiger partial charge in [0.2, 0.25) is 0 Å². The lowest BCUT2D eigenvalue weighted by molar-refractivity contribution is -0.148. The van der Waals surface area contributed by atoms with Gasteiger partial charge in [-0.1, -0.05) is 0 Å². The summed E-state index contributed by atoms with van der Waals surface area (Å²) >= 11 is 0. The highest BCUT2D eigenvalue weighted by atomic mass is 16.7. The van der Waals surface area contributed by atoms with Crippen LogP contribution in [0, 0.1) is 5.92 Å². The van der Waals surface area contributed by atoms with Crippen LogP contribution in [0.2, 0.25) is 0 Å². The molecule has 3 heteroatoms. The molecule has 1 saturated carbocycles. The molecule has 1 fully saturated rings. The average molecular weight is 176 g/mol. The molecule has 1 N–H and O–H groups in total. The van der Waals surface area contributed by atoms with Gasteiger partial charge in [-0.25, -0.2) is 0 Å². The normalized spacial score (nSPS) is 15.8. The van der Waals surface area contributed by atoms with Crippen LogP contribution in [0.3, 0.4) is 0 Å². The first kappa shape index (κ1) is 11.9. The minimum Gasteiger partial charge on any atom is -0.400 e. The molecule has 0 aromatic rings. The molecule has 0 radical (unpaired) electrons. The van der Waals surface area contributed by atoms with Crippen molar-refractivity contribution in [3.63, 3.8) is 0 Å². The SMILES string of the molecule is CCOC(OCC)C1CC1.CO. The van der Waals surface area contributed by atoms with Crippen LogP contribution in [-0.2, 0) is 9.47 Å². The predicted molar refractivity (Wildman–Crippen MR) is 47.9 cm³/mol. The molecule has 3 nitrogen and oxygen atoms in total. The number of aliphatic hydroxyl groups is 1. The van der Waals surface area contributed by atoms with E-state index < -0.39 is 0 Å². The average Bonchev–Trinajstić information content (AvgIpc) is 2.91. The van der Waals surface area contributed by atoms with Gasteiger partial charge in [0, 0.05) is 26.2 Å². The Morgan fingerprint density at radius 2 is 1.58 bits per heavy atom. The summed E-state index contributed by atoms with van der Waals surface area (Å²) in [7, 11) is 1.00. The van der Waals surface area contributed by atoms with Crippen LogP contribution in [0.15, 0.2) is 0 Å². The smallest absolute Gasteiger partial charge is 0.160 e. The van der Waals surface area contributed by atoms with Gasteiger partial charge in [-0.15, -0.1) is 0 Å². The van der Waals surface area contributed by atoms with E-state index in [1.165, 1.54) is 12.8 Å². The summed E-state index contributed by atoms with van der Waals surface area (Å²) in [6.07, 6.45) is 2.66. The molecule has 0 unspecified atom stereocenters. The molecule has 0 atom stereocenters. The van der Waals surface area contributed by atoms with Gasteiger partial charge in [0.1, 0.15) is 0 Å². The Bertz CT molecular complexity index is 85.8. The van der Waals surface area contributed by atoms with E-state index >= 15 is 0 Å². The summed E-state index contributed by atoms with van der Waals surface area (Å²) in [5.74, 6) is 0.694. The fourth-order valence-electron chi connectivity index (χ4n) is 1.02. The molecule has 74 valence electrons. The Labute approximate surface area is 74.7 Å². The molecular formula is C9H20O3. The summed E-state index contributed by atoms with van der Waals surface area (Å²) in [5, 5.41) is 7.00. The van der Waals surface area contributed by atoms with Crippen molar-refractivity contribution < 1.29 is 14.6 Å². The third-order valence-electron chi connectivity index (χ3n) is 1.67. The Kier molecular flexibility index (Phi) is 7.45.